The van der Waals surface area contributed by atoms with Gasteiger partial charge in [-0.15, -0.1) is 0 Å². The zero-order chi connectivity index (χ0) is 16.0. The van der Waals surface area contributed by atoms with Crippen LogP contribution in [0.1, 0.15) is 51.0 Å². The Bertz CT molecular complexity index is 701. The molecule has 3 nitrogen and oxygen atoms in total. The average Bonchev–Trinajstić information content (AvgIpc) is 2.53. The van der Waals surface area contributed by atoms with E-state index in [2.05, 4.69) is 6.08 Å². The molecule has 0 saturated heterocycles. The van der Waals surface area contributed by atoms with E-state index in [0.29, 0.717) is 4.90 Å². The van der Waals surface area contributed by atoms with Gasteiger partial charge < -0.3 is 5.11 Å². The van der Waals surface area contributed by atoms with Crippen molar-refractivity contribution in [3.05, 3.63) is 41.5 Å². The van der Waals surface area contributed by atoms with E-state index in [1.54, 1.807) is 12.1 Å². The average molecular weight is 320 g/mol. The van der Waals surface area contributed by atoms with Crippen LogP contribution in [0.15, 0.2) is 40.8 Å². The van der Waals surface area contributed by atoms with Crippen LogP contribution in [0.2, 0.25) is 0 Å². The van der Waals surface area contributed by atoms with Gasteiger partial charge in [0.25, 0.3) is 0 Å². The van der Waals surface area contributed by atoms with Crippen LogP contribution in [0.5, 0.6) is 0 Å². The van der Waals surface area contributed by atoms with Gasteiger partial charge in [-0.1, -0.05) is 43.7 Å². The number of fused-ring (bicyclic) bond motifs is 1. The number of aliphatic hydroxyl groups is 1. The van der Waals surface area contributed by atoms with Gasteiger partial charge in [-0.3, -0.25) is 0 Å². The van der Waals surface area contributed by atoms with Crippen LogP contribution in [0.4, 0.5) is 0 Å². The first kappa shape index (κ1) is 15.8. The standard InChI is InChI=1S/C18H24O3S/c1-18(2)12-22(20,21)15-11-7-6-10-14(15)16(17(18)19)13-8-4-3-5-9-13/h6-8,10-11,16-17,19H,3-5,9,12H2,1-2H3/t16-,17-/m1/s1. The molecule has 1 heterocycles. The van der Waals surface area contributed by atoms with Crippen LogP contribution in [-0.2, 0) is 9.84 Å². The van der Waals surface area contributed by atoms with Crippen molar-refractivity contribution in [1.82, 2.24) is 0 Å². The van der Waals surface area contributed by atoms with Gasteiger partial charge in [-0.2, -0.15) is 0 Å². The van der Waals surface area contributed by atoms with E-state index in [4.69, 9.17) is 0 Å². The smallest absolute Gasteiger partial charge is 0.179 e. The van der Waals surface area contributed by atoms with E-state index in [0.717, 1.165) is 24.8 Å². The topological polar surface area (TPSA) is 54.4 Å². The molecule has 1 aliphatic heterocycles. The predicted molar refractivity (Wildman–Crippen MR) is 87.6 cm³/mol. The highest BCUT2D eigenvalue weighted by Gasteiger charge is 2.45. The molecule has 2 atom stereocenters. The lowest BCUT2D eigenvalue weighted by Gasteiger charge is -2.35. The molecule has 0 radical (unpaired) electrons. The third-order valence-electron chi connectivity index (χ3n) is 4.99. The molecule has 0 fully saturated rings. The number of hydrogen-bond donors (Lipinski definition) is 1. The summed E-state index contributed by atoms with van der Waals surface area (Å²) in [6, 6.07) is 7.20. The normalized spacial score (nSPS) is 30.0. The summed E-state index contributed by atoms with van der Waals surface area (Å²) in [4.78, 5) is 0.399. The van der Waals surface area contributed by atoms with Crippen molar-refractivity contribution in [2.75, 3.05) is 5.75 Å². The summed E-state index contributed by atoms with van der Waals surface area (Å²) in [5.41, 5.74) is 1.31. The maximum absolute atomic E-state index is 12.8. The van der Waals surface area contributed by atoms with Gasteiger partial charge in [-0.05, 0) is 37.3 Å². The molecule has 1 aliphatic carbocycles. The maximum Gasteiger partial charge on any atom is 0.179 e. The lowest BCUT2D eigenvalue weighted by atomic mass is 9.73. The molecule has 1 aromatic carbocycles. The molecule has 120 valence electrons. The molecule has 2 aliphatic rings. The summed E-state index contributed by atoms with van der Waals surface area (Å²) >= 11 is 0. The summed E-state index contributed by atoms with van der Waals surface area (Å²) in [5, 5.41) is 11.0. The first-order chi connectivity index (χ1) is 10.3. The molecule has 3 rings (SSSR count). The van der Waals surface area contributed by atoms with E-state index in [9.17, 15) is 13.5 Å². The summed E-state index contributed by atoms with van der Waals surface area (Å²) in [5.74, 6) is -0.217. The van der Waals surface area contributed by atoms with Crippen molar-refractivity contribution < 1.29 is 13.5 Å². The zero-order valence-corrected chi connectivity index (χ0v) is 14.1. The van der Waals surface area contributed by atoms with E-state index in [1.807, 2.05) is 26.0 Å². The Morgan fingerprint density at radius 2 is 1.91 bits per heavy atom. The van der Waals surface area contributed by atoms with Crippen molar-refractivity contribution in [3.8, 4) is 0 Å². The summed E-state index contributed by atoms with van der Waals surface area (Å²) in [6.45, 7) is 3.72. The summed E-state index contributed by atoms with van der Waals surface area (Å²) in [6.07, 6.45) is 5.79. The van der Waals surface area contributed by atoms with Crippen LogP contribution in [0.3, 0.4) is 0 Å². The molecule has 0 bridgehead atoms. The highest BCUT2D eigenvalue weighted by molar-refractivity contribution is 7.91. The number of hydrogen-bond acceptors (Lipinski definition) is 3. The molecule has 0 unspecified atom stereocenters. The zero-order valence-electron chi connectivity index (χ0n) is 13.2. The molecule has 1 aromatic rings. The van der Waals surface area contributed by atoms with Crippen molar-refractivity contribution in [1.29, 1.82) is 0 Å². The molecule has 4 heteroatoms. The van der Waals surface area contributed by atoms with Crippen molar-refractivity contribution in [2.45, 2.75) is 56.4 Å². The third kappa shape index (κ3) is 2.63. The van der Waals surface area contributed by atoms with Crippen LogP contribution in [0, 0.1) is 5.41 Å². The van der Waals surface area contributed by atoms with Gasteiger partial charge >= 0.3 is 0 Å². The van der Waals surface area contributed by atoms with Crippen molar-refractivity contribution in [2.24, 2.45) is 5.41 Å². The molecular formula is C18H24O3S. The molecular weight excluding hydrogens is 296 g/mol. The van der Waals surface area contributed by atoms with Gasteiger partial charge in [0.2, 0.25) is 0 Å². The molecule has 0 amide bonds. The fourth-order valence-corrected chi connectivity index (χ4v) is 5.99. The Kier molecular flexibility index (Phi) is 3.94. The number of allylic oxidation sites excluding steroid dienone is 1. The van der Waals surface area contributed by atoms with Crippen LogP contribution >= 0.6 is 0 Å². The fourth-order valence-electron chi connectivity index (χ4n) is 3.84. The first-order valence-corrected chi connectivity index (χ1v) is 9.67. The number of sulfone groups is 1. The van der Waals surface area contributed by atoms with E-state index in [1.165, 1.54) is 12.0 Å². The second-order valence-corrected chi connectivity index (χ2v) is 9.19. The highest BCUT2D eigenvalue weighted by atomic mass is 32.2. The Morgan fingerprint density at radius 3 is 2.59 bits per heavy atom. The van der Waals surface area contributed by atoms with Gasteiger partial charge in [-0.25, -0.2) is 8.42 Å². The Hall–Kier alpha value is -1.13. The molecule has 0 aromatic heterocycles. The minimum absolute atomic E-state index is 0.0119. The SMILES string of the molecule is CC1(C)CS(=O)(=O)c2ccccc2[C@@H](C2=CCCCC2)[C@H]1O. The molecule has 0 spiro atoms. The van der Waals surface area contributed by atoms with E-state index < -0.39 is 21.4 Å². The quantitative estimate of drug-likeness (QED) is 0.806. The second kappa shape index (κ2) is 5.50. The monoisotopic (exact) mass is 320 g/mol. The van der Waals surface area contributed by atoms with Crippen molar-refractivity contribution in [3.63, 3.8) is 0 Å². The van der Waals surface area contributed by atoms with Crippen LogP contribution in [-0.4, -0.2) is 25.4 Å². The van der Waals surface area contributed by atoms with E-state index in [-0.39, 0.29) is 11.7 Å². The summed E-state index contributed by atoms with van der Waals surface area (Å²) < 4.78 is 25.5. The number of aliphatic hydroxyl groups excluding tert-OH is 1. The second-order valence-electron chi connectivity index (χ2n) is 7.23. The maximum atomic E-state index is 12.8. The van der Waals surface area contributed by atoms with Gasteiger partial charge in [0, 0.05) is 11.3 Å². The predicted octanol–water partition coefficient (Wildman–Crippen LogP) is 3.45. The third-order valence-corrected chi connectivity index (χ3v) is 7.16. The molecule has 22 heavy (non-hydrogen) atoms. The molecule has 0 saturated carbocycles. The van der Waals surface area contributed by atoms with Crippen LogP contribution < -0.4 is 0 Å². The minimum atomic E-state index is -3.38. The van der Waals surface area contributed by atoms with Gasteiger partial charge in [0.1, 0.15) is 0 Å². The highest BCUT2D eigenvalue weighted by Crippen LogP contribution is 2.46. The Morgan fingerprint density at radius 1 is 1.18 bits per heavy atom. The largest absolute Gasteiger partial charge is 0.392 e. The fraction of sp³-hybridized carbons (Fsp3) is 0.556. The molecule has 1 N–H and O–H groups in total. The summed E-state index contributed by atoms with van der Waals surface area (Å²) in [7, 11) is -3.38. The van der Waals surface area contributed by atoms with Crippen molar-refractivity contribution >= 4 is 9.84 Å². The lowest BCUT2D eigenvalue weighted by molar-refractivity contribution is 0.0498. The number of rotatable bonds is 1. The minimum Gasteiger partial charge on any atom is -0.392 e. The van der Waals surface area contributed by atoms with Gasteiger partial charge in [0.15, 0.2) is 9.84 Å². The van der Waals surface area contributed by atoms with Gasteiger partial charge in [0.05, 0.1) is 16.8 Å². The lowest BCUT2D eigenvalue weighted by Crippen LogP contribution is -2.38. The van der Waals surface area contributed by atoms with E-state index >= 15 is 0 Å². The number of benzene rings is 1. The first-order valence-electron chi connectivity index (χ1n) is 8.02. The Balaban J connectivity index is 2.23. The Labute approximate surface area is 133 Å². The van der Waals surface area contributed by atoms with Crippen LogP contribution in [0.25, 0.3) is 0 Å².